The molecule has 0 spiro atoms. The minimum absolute atomic E-state index is 0.609. The van der Waals surface area contributed by atoms with Crippen molar-refractivity contribution >= 4 is 5.97 Å². The van der Waals surface area contributed by atoms with E-state index in [9.17, 15) is 9.90 Å². The molecule has 0 radical (unpaired) electrons. The second-order valence-electron chi connectivity index (χ2n) is 5.42. The van der Waals surface area contributed by atoms with Crippen molar-refractivity contribution in [1.82, 2.24) is 14.5 Å². The fourth-order valence-corrected chi connectivity index (χ4v) is 3.00. The van der Waals surface area contributed by atoms with E-state index in [4.69, 9.17) is 0 Å². The highest BCUT2D eigenvalue weighted by atomic mass is 16.4. The SMILES string of the molecule is Cn1c(C(C(=O)O)N2CCCC2)cnc1-c1ccccc1. The average Bonchev–Trinajstić information content (AvgIpc) is 3.12. The zero-order valence-corrected chi connectivity index (χ0v) is 12.1. The molecule has 0 saturated carbocycles. The highest BCUT2D eigenvalue weighted by molar-refractivity contribution is 5.75. The Morgan fingerprint density at radius 2 is 1.90 bits per heavy atom. The Hall–Kier alpha value is -2.14. The van der Waals surface area contributed by atoms with Crippen molar-refractivity contribution in [3.63, 3.8) is 0 Å². The van der Waals surface area contributed by atoms with E-state index >= 15 is 0 Å². The molecule has 1 aliphatic rings. The zero-order valence-electron chi connectivity index (χ0n) is 12.1. The first kappa shape index (κ1) is 13.8. The molecule has 1 fully saturated rings. The lowest BCUT2D eigenvalue weighted by Gasteiger charge is -2.24. The number of carboxylic acids is 1. The molecule has 5 heteroatoms. The molecule has 1 unspecified atom stereocenters. The number of carbonyl (C=O) groups is 1. The van der Waals surface area contributed by atoms with Gasteiger partial charge >= 0.3 is 5.97 Å². The average molecular weight is 285 g/mol. The number of aromatic nitrogens is 2. The summed E-state index contributed by atoms with van der Waals surface area (Å²) in [5, 5.41) is 9.61. The zero-order chi connectivity index (χ0) is 14.8. The van der Waals surface area contributed by atoms with Crippen LogP contribution in [0.25, 0.3) is 11.4 Å². The van der Waals surface area contributed by atoms with E-state index < -0.39 is 12.0 Å². The molecule has 110 valence electrons. The quantitative estimate of drug-likeness (QED) is 0.936. The Kier molecular flexibility index (Phi) is 3.75. The van der Waals surface area contributed by atoms with Crippen LogP contribution in [0.1, 0.15) is 24.6 Å². The molecule has 1 aliphatic heterocycles. The molecule has 1 aromatic heterocycles. The summed E-state index contributed by atoms with van der Waals surface area (Å²) < 4.78 is 1.90. The van der Waals surface area contributed by atoms with Gasteiger partial charge in [0.25, 0.3) is 0 Å². The maximum atomic E-state index is 11.7. The van der Waals surface area contributed by atoms with Crippen LogP contribution in [0.2, 0.25) is 0 Å². The molecule has 2 aromatic rings. The van der Waals surface area contributed by atoms with Crippen LogP contribution >= 0.6 is 0 Å². The molecule has 1 N–H and O–H groups in total. The second kappa shape index (κ2) is 5.69. The summed E-state index contributed by atoms with van der Waals surface area (Å²) in [6.45, 7) is 1.67. The Morgan fingerprint density at radius 3 is 2.52 bits per heavy atom. The van der Waals surface area contributed by atoms with Gasteiger partial charge in [0.15, 0.2) is 6.04 Å². The third-order valence-corrected chi connectivity index (χ3v) is 4.08. The van der Waals surface area contributed by atoms with Crippen molar-refractivity contribution in [2.75, 3.05) is 13.1 Å². The molecule has 21 heavy (non-hydrogen) atoms. The standard InChI is InChI=1S/C16H19N3O2/c1-18-13(14(16(20)21)19-9-5-6-10-19)11-17-15(18)12-7-3-2-4-8-12/h2-4,7-8,11,14H,5-6,9-10H2,1H3,(H,20,21). The van der Waals surface area contributed by atoms with Crippen LogP contribution in [0.3, 0.4) is 0 Å². The number of rotatable bonds is 4. The van der Waals surface area contributed by atoms with E-state index in [1.165, 1.54) is 0 Å². The largest absolute Gasteiger partial charge is 0.480 e. The summed E-state index contributed by atoms with van der Waals surface area (Å²) >= 11 is 0. The van der Waals surface area contributed by atoms with Crippen LogP contribution in [0.15, 0.2) is 36.5 Å². The van der Waals surface area contributed by atoms with E-state index in [1.54, 1.807) is 6.20 Å². The van der Waals surface area contributed by atoms with Gasteiger partial charge in [-0.15, -0.1) is 0 Å². The second-order valence-corrected chi connectivity index (χ2v) is 5.42. The number of aliphatic carboxylic acids is 1. The molecular formula is C16H19N3O2. The molecule has 3 rings (SSSR count). The number of likely N-dealkylation sites (tertiary alicyclic amines) is 1. The molecular weight excluding hydrogens is 266 g/mol. The fourth-order valence-electron chi connectivity index (χ4n) is 3.00. The molecule has 5 nitrogen and oxygen atoms in total. The lowest BCUT2D eigenvalue weighted by molar-refractivity contribution is -0.143. The van der Waals surface area contributed by atoms with Gasteiger partial charge in [-0.2, -0.15) is 0 Å². The van der Waals surface area contributed by atoms with Gasteiger partial charge < -0.3 is 9.67 Å². The van der Waals surface area contributed by atoms with Gasteiger partial charge in [-0.3, -0.25) is 9.69 Å². The van der Waals surface area contributed by atoms with Crippen LogP contribution in [0.4, 0.5) is 0 Å². The Morgan fingerprint density at radius 1 is 1.24 bits per heavy atom. The van der Waals surface area contributed by atoms with E-state index in [-0.39, 0.29) is 0 Å². The highest BCUT2D eigenvalue weighted by Gasteiger charge is 2.32. The van der Waals surface area contributed by atoms with Gasteiger partial charge in [0.2, 0.25) is 0 Å². The van der Waals surface area contributed by atoms with Gasteiger partial charge in [-0.05, 0) is 25.9 Å². The number of benzene rings is 1. The van der Waals surface area contributed by atoms with E-state index in [2.05, 4.69) is 4.98 Å². The minimum atomic E-state index is -0.806. The van der Waals surface area contributed by atoms with Crippen LogP contribution in [-0.2, 0) is 11.8 Å². The predicted molar refractivity (Wildman–Crippen MR) is 79.8 cm³/mol. The van der Waals surface area contributed by atoms with Gasteiger partial charge in [0.05, 0.1) is 11.9 Å². The van der Waals surface area contributed by atoms with Crippen molar-refractivity contribution in [2.45, 2.75) is 18.9 Å². The first-order chi connectivity index (χ1) is 10.2. The summed E-state index contributed by atoms with van der Waals surface area (Å²) in [5.74, 6) is -0.00411. The number of hydrogen-bond donors (Lipinski definition) is 1. The maximum absolute atomic E-state index is 11.7. The normalized spacial score (nSPS) is 17.0. The molecule has 1 aromatic carbocycles. The molecule has 2 heterocycles. The van der Waals surface area contributed by atoms with Gasteiger partial charge in [-0.1, -0.05) is 30.3 Å². The lowest BCUT2D eigenvalue weighted by Crippen LogP contribution is -2.33. The van der Waals surface area contributed by atoms with Crippen LogP contribution in [0, 0.1) is 0 Å². The third kappa shape index (κ3) is 2.56. The highest BCUT2D eigenvalue weighted by Crippen LogP contribution is 2.28. The van der Waals surface area contributed by atoms with Gasteiger partial charge in [-0.25, -0.2) is 4.98 Å². The molecule has 0 bridgehead atoms. The Balaban J connectivity index is 1.98. The molecule has 1 atom stereocenters. The van der Waals surface area contributed by atoms with Crippen molar-refractivity contribution in [3.8, 4) is 11.4 Å². The number of carboxylic acid groups (broad SMARTS) is 1. The summed E-state index contributed by atoms with van der Waals surface area (Å²) in [4.78, 5) is 18.2. The van der Waals surface area contributed by atoms with Gasteiger partial charge in [0, 0.05) is 12.6 Å². The predicted octanol–water partition coefficient (Wildman–Crippen LogP) is 2.31. The van der Waals surface area contributed by atoms with Crippen molar-refractivity contribution in [3.05, 3.63) is 42.2 Å². The van der Waals surface area contributed by atoms with E-state index in [1.807, 2.05) is 46.8 Å². The lowest BCUT2D eigenvalue weighted by atomic mass is 10.2. The topological polar surface area (TPSA) is 58.4 Å². The van der Waals surface area contributed by atoms with E-state index in [0.717, 1.165) is 43.0 Å². The first-order valence-electron chi connectivity index (χ1n) is 7.22. The van der Waals surface area contributed by atoms with Crippen molar-refractivity contribution in [1.29, 1.82) is 0 Å². The Bertz CT molecular complexity index is 630. The fraction of sp³-hybridized carbons (Fsp3) is 0.375. The molecule has 0 amide bonds. The third-order valence-electron chi connectivity index (χ3n) is 4.08. The molecule has 0 aliphatic carbocycles. The molecule has 1 saturated heterocycles. The van der Waals surface area contributed by atoms with E-state index in [0.29, 0.717) is 0 Å². The monoisotopic (exact) mass is 285 g/mol. The van der Waals surface area contributed by atoms with Gasteiger partial charge in [0.1, 0.15) is 5.82 Å². The summed E-state index contributed by atoms with van der Waals surface area (Å²) in [6, 6.07) is 9.23. The summed E-state index contributed by atoms with van der Waals surface area (Å²) in [6.07, 6.45) is 3.82. The number of imidazole rings is 1. The van der Waals surface area contributed by atoms with Crippen molar-refractivity contribution < 1.29 is 9.90 Å². The van der Waals surface area contributed by atoms with Crippen LogP contribution < -0.4 is 0 Å². The smallest absolute Gasteiger partial charge is 0.327 e. The van der Waals surface area contributed by atoms with Crippen molar-refractivity contribution in [2.24, 2.45) is 7.05 Å². The van der Waals surface area contributed by atoms with Crippen LogP contribution in [-0.4, -0.2) is 38.6 Å². The summed E-state index contributed by atoms with van der Waals surface area (Å²) in [7, 11) is 1.89. The number of hydrogen-bond acceptors (Lipinski definition) is 3. The minimum Gasteiger partial charge on any atom is -0.480 e. The first-order valence-corrected chi connectivity index (χ1v) is 7.22. The summed E-state index contributed by atoms with van der Waals surface area (Å²) in [5.41, 5.74) is 1.74. The Labute approximate surface area is 123 Å². The van der Waals surface area contributed by atoms with Crippen LogP contribution in [0.5, 0.6) is 0 Å². The number of nitrogens with zero attached hydrogens (tertiary/aromatic N) is 3. The maximum Gasteiger partial charge on any atom is 0.327 e.